The fraction of sp³-hybridized carbons (Fsp3) is 0.667. The quantitative estimate of drug-likeness (QED) is 0.634. The van der Waals surface area contributed by atoms with Crippen LogP contribution in [0.25, 0.3) is 0 Å². The molecule has 0 bridgehead atoms. The van der Waals surface area contributed by atoms with Crippen LogP contribution < -0.4 is 10.6 Å². The highest BCUT2D eigenvalue weighted by Crippen LogP contribution is 1.87. The first-order valence-electron chi connectivity index (χ1n) is 4.94. The molecule has 1 aromatic heterocycles. The highest BCUT2D eigenvalue weighted by molar-refractivity contribution is 5.78. The van der Waals surface area contributed by atoms with Crippen LogP contribution in [-0.4, -0.2) is 35.2 Å². The molecule has 0 spiro atoms. The zero-order chi connectivity index (χ0) is 11.1. The molecule has 0 radical (unpaired) electrons. The Bertz CT molecular complexity index is 284. The third kappa shape index (κ3) is 5.11. The number of rotatable bonds is 6. The van der Waals surface area contributed by atoms with E-state index in [1.807, 2.05) is 13.8 Å². The van der Waals surface area contributed by atoms with Gasteiger partial charge < -0.3 is 15.2 Å². The fourth-order valence-corrected chi connectivity index (χ4v) is 1.08. The Morgan fingerprint density at radius 1 is 1.60 bits per heavy atom. The predicted molar refractivity (Wildman–Crippen MR) is 54.2 cm³/mol. The van der Waals surface area contributed by atoms with Gasteiger partial charge in [-0.25, -0.2) is 0 Å². The van der Waals surface area contributed by atoms with Gasteiger partial charge >= 0.3 is 0 Å². The summed E-state index contributed by atoms with van der Waals surface area (Å²) in [7, 11) is 0. The van der Waals surface area contributed by atoms with Crippen LogP contribution in [-0.2, 0) is 11.2 Å². The molecule has 0 atom stereocenters. The van der Waals surface area contributed by atoms with Crippen LogP contribution in [0.1, 0.15) is 19.7 Å². The van der Waals surface area contributed by atoms with Gasteiger partial charge in [0.25, 0.3) is 0 Å². The van der Waals surface area contributed by atoms with Crippen molar-refractivity contribution in [3.8, 4) is 0 Å². The Morgan fingerprint density at radius 3 is 3.00 bits per heavy atom. The summed E-state index contributed by atoms with van der Waals surface area (Å²) < 4.78 is 4.58. The SMILES string of the molecule is CC(C)NC(=O)CNCCc1ncon1. The first-order chi connectivity index (χ1) is 7.18. The van der Waals surface area contributed by atoms with Crippen LogP contribution >= 0.6 is 0 Å². The van der Waals surface area contributed by atoms with E-state index in [0.29, 0.717) is 25.3 Å². The Balaban J connectivity index is 2.04. The topological polar surface area (TPSA) is 80.0 Å². The van der Waals surface area contributed by atoms with Gasteiger partial charge in [0.2, 0.25) is 12.3 Å². The summed E-state index contributed by atoms with van der Waals surface area (Å²) >= 11 is 0. The Kier molecular flexibility index (Phi) is 4.76. The van der Waals surface area contributed by atoms with E-state index in [9.17, 15) is 4.79 Å². The molecule has 0 aromatic carbocycles. The van der Waals surface area contributed by atoms with E-state index in [2.05, 4.69) is 25.3 Å². The number of amides is 1. The number of aromatic nitrogens is 2. The Morgan fingerprint density at radius 2 is 2.40 bits per heavy atom. The van der Waals surface area contributed by atoms with Crippen molar-refractivity contribution < 1.29 is 9.32 Å². The molecule has 0 aliphatic heterocycles. The van der Waals surface area contributed by atoms with Gasteiger partial charge in [-0.2, -0.15) is 4.98 Å². The van der Waals surface area contributed by atoms with Crippen molar-refractivity contribution in [2.45, 2.75) is 26.3 Å². The minimum Gasteiger partial charge on any atom is -0.353 e. The van der Waals surface area contributed by atoms with E-state index in [1.165, 1.54) is 6.39 Å². The largest absolute Gasteiger partial charge is 0.353 e. The smallest absolute Gasteiger partial charge is 0.234 e. The normalized spacial score (nSPS) is 10.6. The van der Waals surface area contributed by atoms with Crippen LogP contribution in [0.3, 0.4) is 0 Å². The molecule has 6 nitrogen and oxygen atoms in total. The molecule has 0 saturated heterocycles. The van der Waals surface area contributed by atoms with Gasteiger partial charge in [-0.05, 0) is 13.8 Å². The average molecular weight is 212 g/mol. The standard InChI is InChI=1S/C9H16N4O2/c1-7(2)12-9(14)5-10-4-3-8-11-6-15-13-8/h6-7,10H,3-5H2,1-2H3,(H,12,14). The molecular weight excluding hydrogens is 196 g/mol. The number of nitrogens with zero attached hydrogens (tertiary/aromatic N) is 2. The molecule has 0 aliphatic rings. The van der Waals surface area contributed by atoms with Gasteiger partial charge in [0, 0.05) is 19.0 Å². The maximum atomic E-state index is 11.2. The highest BCUT2D eigenvalue weighted by Gasteiger charge is 2.02. The molecule has 0 saturated carbocycles. The van der Waals surface area contributed by atoms with Gasteiger partial charge in [-0.3, -0.25) is 4.79 Å². The van der Waals surface area contributed by atoms with E-state index in [-0.39, 0.29) is 11.9 Å². The molecule has 6 heteroatoms. The average Bonchev–Trinajstić information content (AvgIpc) is 2.63. The molecule has 1 rings (SSSR count). The van der Waals surface area contributed by atoms with Crippen molar-refractivity contribution >= 4 is 5.91 Å². The molecule has 0 aliphatic carbocycles. The summed E-state index contributed by atoms with van der Waals surface area (Å²) in [6.07, 6.45) is 1.95. The summed E-state index contributed by atoms with van der Waals surface area (Å²) in [5, 5.41) is 9.43. The van der Waals surface area contributed by atoms with Crippen LogP contribution in [0.4, 0.5) is 0 Å². The third-order valence-corrected chi connectivity index (χ3v) is 1.67. The number of hydrogen-bond donors (Lipinski definition) is 2. The third-order valence-electron chi connectivity index (χ3n) is 1.67. The van der Waals surface area contributed by atoms with E-state index in [1.54, 1.807) is 0 Å². The van der Waals surface area contributed by atoms with Crippen LogP contribution in [0.2, 0.25) is 0 Å². The second-order valence-corrected chi connectivity index (χ2v) is 3.50. The maximum Gasteiger partial charge on any atom is 0.234 e. The van der Waals surface area contributed by atoms with Crippen molar-refractivity contribution in [1.29, 1.82) is 0 Å². The number of hydrogen-bond acceptors (Lipinski definition) is 5. The summed E-state index contributed by atoms with van der Waals surface area (Å²) in [5.74, 6) is 0.643. The zero-order valence-electron chi connectivity index (χ0n) is 8.99. The van der Waals surface area contributed by atoms with Crippen molar-refractivity contribution in [2.75, 3.05) is 13.1 Å². The lowest BCUT2D eigenvalue weighted by atomic mass is 10.3. The second-order valence-electron chi connectivity index (χ2n) is 3.50. The van der Waals surface area contributed by atoms with E-state index in [0.717, 1.165) is 0 Å². The summed E-state index contributed by atoms with van der Waals surface area (Å²) in [6.45, 7) is 4.83. The summed E-state index contributed by atoms with van der Waals surface area (Å²) in [6, 6.07) is 0.177. The molecule has 2 N–H and O–H groups in total. The number of carbonyl (C=O) groups excluding carboxylic acids is 1. The lowest BCUT2D eigenvalue weighted by molar-refractivity contribution is -0.120. The molecule has 0 unspecified atom stereocenters. The van der Waals surface area contributed by atoms with E-state index in [4.69, 9.17) is 0 Å². The lowest BCUT2D eigenvalue weighted by Crippen LogP contribution is -2.38. The number of carbonyl (C=O) groups is 1. The minimum absolute atomic E-state index is 0.00175. The van der Waals surface area contributed by atoms with E-state index < -0.39 is 0 Å². The Labute approximate surface area is 88.4 Å². The molecule has 1 aromatic rings. The molecule has 84 valence electrons. The molecule has 15 heavy (non-hydrogen) atoms. The van der Waals surface area contributed by atoms with Gasteiger partial charge in [-0.15, -0.1) is 0 Å². The monoisotopic (exact) mass is 212 g/mol. The maximum absolute atomic E-state index is 11.2. The predicted octanol–water partition coefficient (Wildman–Crippen LogP) is -0.274. The number of nitrogens with one attached hydrogen (secondary N) is 2. The van der Waals surface area contributed by atoms with Crippen LogP contribution in [0.5, 0.6) is 0 Å². The van der Waals surface area contributed by atoms with Crippen molar-refractivity contribution in [1.82, 2.24) is 20.8 Å². The van der Waals surface area contributed by atoms with Crippen LogP contribution in [0, 0.1) is 0 Å². The van der Waals surface area contributed by atoms with Crippen molar-refractivity contribution in [3.05, 3.63) is 12.2 Å². The van der Waals surface area contributed by atoms with Gasteiger partial charge in [0.1, 0.15) is 0 Å². The molecular formula is C9H16N4O2. The Hall–Kier alpha value is -1.43. The first-order valence-corrected chi connectivity index (χ1v) is 4.94. The van der Waals surface area contributed by atoms with Crippen molar-refractivity contribution in [2.24, 2.45) is 0 Å². The van der Waals surface area contributed by atoms with Gasteiger partial charge in [0.05, 0.1) is 6.54 Å². The highest BCUT2D eigenvalue weighted by atomic mass is 16.5. The summed E-state index contributed by atoms with van der Waals surface area (Å²) in [4.78, 5) is 15.1. The zero-order valence-corrected chi connectivity index (χ0v) is 8.99. The second kappa shape index (κ2) is 6.13. The minimum atomic E-state index is -0.00175. The molecule has 1 amide bonds. The summed E-state index contributed by atoms with van der Waals surface area (Å²) in [5.41, 5.74) is 0. The van der Waals surface area contributed by atoms with E-state index >= 15 is 0 Å². The molecule has 0 fully saturated rings. The fourth-order valence-electron chi connectivity index (χ4n) is 1.08. The first kappa shape index (κ1) is 11.6. The lowest BCUT2D eigenvalue weighted by Gasteiger charge is -2.08. The van der Waals surface area contributed by atoms with Gasteiger partial charge in [-0.1, -0.05) is 5.16 Å². The van der Waals surface area contributed by atoms with Crippen molar-refractivity contribution in [3.63, 3.8) is 0 Å². The van der Waals surface area contributed by atoms with Gasteiger partial charge in [0.15, 0.2) is 5.82 Å². The molecule has 1 heterocycles. The van der Waals surface area contributed by atoms with Crippen LogP contribution in [0.15, 0.2) is 10.9 Å².